The van der Waals surface area contributed by atoms with Gasteiger partial charge in [0.1, 0.15) is 18.4 Å². The fraction of sp³-hybridized carbons (Fsp3) is 0.571. The third-order valence-electron chi connectivity index (χ3n) is 4.46. The van der Waals surface area contributed by atoms with E-state index in [1.165, 1.54) is 6.92 Å². The van der Waals surface area contributed by atoms with E-state index < -0.39 is 78.1 Å². The number of aryl methyl sites for hydroxylation is 1. The van der Waals surface area contributed by atoms with Crippen LogP contribution in [0.3, 0.4) is 0 Å². The molecule has 1 aliphatic heterocycles. The molecular formula is C14H21N3O16P4S. The molecule has 1 aromatic rings. The average Bonchev–Trinajstić information content (AvgIpc) is 3.13. The van der Waals surface area contributed by atoms with Crippen LogP contribution >= 0.6 is 31.0 Å². The third-order valence-corrected chi connectivity index (χ3v) is 8.88. The minimum absolute atomic E-state index is 0.116. The van der Waals surface area contributed by atoms with Crippen LogP contribution in [0.25, 0.3) is 0 Å². The Labute approximate surface area is 218 Å². The van der Waals surface area contributed by atoms with Gasteiger partial charge in [-0.2, -0.15) is 8.62 Å². The fourth-order valence-electron chi connectivity index (χ4n) is 2.97. The van der Waals surface area contributed by atoms with Gasteiger partial charge in [0, 0.05) is 24.6 Å². The standard InChI is InChI=1S/C14H21N3O16P4S/c1-7-5-17(14(21)15-13(7)20)11-4-8(31-12(19)3-2-10(18)16-34-38)9(30-11)6-29-36(25,26)33-37(27,28)32-35(22,23)24/h5,8-9,11H,2-4,6H2,1H3,(H,25,26)(H,27,28)(H,15,20,21)(H,16,18,38)(H2,22,23,24)/t8-,9-,11-/m1/s1. The highest BCUT2D eigenvalue weighted by atomic mass is 32.4. The highest BCUT2D eigenvalue weighted by Crippen LogP contribution is 2.66. The van der Waals surface area contributed by atoms with Crippen LogP contribution in [-0.4, -0.2) is 59.8 Å². The minimum Gasteiger partial charge on any atom is -0.459 e. The molecule has 2 unspecified atom stereocenters. The molecule has 38 heavy (non-hydrogen) atoms. The number of aromatic amines is 1. The van der Waals surface area contributed by atoms with Gasteiger partial charge in [0.15, 0.2) is 0 Å². The Bertz CT molecular complexity index is 1320. The molecule has 0 saturated carbocycles. The molecule has 5 atom stereocenters. The first-order valence-corrected chi connectivity index (χ1v) is 16.4. The number of amides is 1. The summed E-state index contributed by atoms with van der Waals surface area (Å²) in [4.78, 5) is 85.8. The summed E-state index contributed by atoms with van der Waals surface area (Å²) >= 11 is 4.55. The van der Waals surface area contributed by atoms with Gasteiger partial charge < -0.3 is 29.0 Å². The second-order valence-electron chi connectivity index (χ2n) is 7.38. The smallest absolute Gasteiger partial charge is 0.459 e. The van der Waals surface area contributed by atoms with E-state index in [9.17, 15) is 42.7 Å². The molecule has 0 aromatic carbocycles. The predicted molar refractivity (Wildman–Crippen MR) is 126 cm³/mol. The highest BCUT2D eigenvalue weighted by Gasteiger charge is 2.44. The molecule has 0 bridgehead atoms. The Morgan fingerprint density at radius 2 is 1.84 bits per heavy atom. The van der Waals surface area contributed by atoms with Crippen LogP contribution in [-0.2, 0) is 57.7 Å². The van der Waals surface area contributed by atoms with Crippen LogP contribution in [0, 0.1) is 6.92 Å². The lowest BCUT2D eigenvalue weighted by Crippen LogP contribution is -2.33. The van der Waals surface area contributed by atoms with Crippen molar-refractivity contribution < 1.29 is 65.5 Å². The SMILES string of the molecule is Cc1cn([C@H]2C[C@@H](OC(=O)CCC(=O)NP=S)[C@@H](COP(=O)(O)OP(=O)(O)OP(=O)(O)O)O2)c(=O)[nH]c1=O. The van der Waals surface area contributed by atoms with Crippen molar-refractivity contribution in [3.63, 3.8) is 0 Å². The average molecular weight is 643 g/mol. The van der Waals surface area contributed by atoms with Crippen LogP contribution in [0.1, 0.15) is 31.1 Å². The predicted octanol–water partition coefficient (Wildman–Crippen LogP) is -0.393. The number of rotatable bonds is 13. The lowest BCUT2D eigenvalue weighted by atomic mass is 10.2. The zero-order chi connectivity index (χ0) is 28.9. The van der Waals surface area contributed by atoms with E-state index >= 15 is 0 Å². The molecule has 0 radical (unpaired) electrons. The number of nitrogens with one attached hydrogen (secondary N) is 2. The number of phosphoric ester groups is 1. The molecule has 6 N–H and O–H groups in total. The van der Waals surface area contributed by atoms with Crippen molar-refractivity contribution in [2.75, 3.05) is 6.61 Å². The monoisotopic (exact) mass is 643 g/mol. The summed E-state index contributed by atoms with van der Waals surface area (Å²) in [6.07, 6.45) is -3.70. The summed E-state index contributed by atoms with van der Waals surface area (Å²) in [6.45, 7) is 0.409. The molecule has 0 aliphatic carbocycles. The first-order valence-electron chi connectivity index (χ1n) is 9.98. The topological polar surface area (TPSA) is 279 Å². The summed E-state index contributed by atoms with van der Waals surface area (Å²) in [7, 11) is -16.8. The zero-order valence-corrected chi connectivity index (χ0v) is 23.4. The van der Waals surface area contributed by atoms with Crippen molar-refractivity contribution in [2.45, 2.75) is 44.6 Å². The second-order valence-corrected chi connectivity index (χ2v) is 12.8. The van der Waals surface area contributed by atoms with E-state index in [1.807, 2.05) is 4.98 Å². The molecular weight excluding hydrogens is 622 g/mol. The maximum Gasteiger partial charge on any atom is 0.490 e. The van der Waals surface area contributed by atoms with E-state index in [4.69, 9.17) is 19.3 Å². The molecule has 0 spiro atoms. The zero-order valence-electron chi connectivity index (χ0n) is 19.0. The Kier molecular flexibility index (Phi) is 11.4. The summed E-state index contributed by atoms with van der Waals surface area (Å²) in [5.41, 5.74) is -1.46. The summed E-state index contributed by atoms with van der Waals surface area (Å²) < 4.78 is 57.9. The first kappa shape index (κ1) is 32.7. The number of esters is 1. The summed E-state index contributed by atoms with van der Waals surface area (Å²) in [5.74, 6) is -1.46. The Balaban J connectivity index is 2.19. The maximum atomic E-state index is 12.3. The Morgan fingerprint density at radius 1 is 1.18 bits per heavy atom. The van der Waals surface area contributed by atoms with Crippen molar-refractivity contribution >= 4 is 54.7 Å². The van der Waals surface area contributed by atoms with Crippen molar-refractivity contribution in [3.8, 4) is 0 Å². The number of phosphoric acid groups is 3. The lowest BCUT2D eigenvalue weighted by Gasteiger charge is -2.21. The van der Waals surface area contributed by atoms with Crippen LogP contribution in [0.2, 0.25) is 0 Å². The molecule has 24 heteroatoms. The number of carbonyl (C=O) groups is 2. The number of hydrogen-bond donors (Lipinski definition) is 6. The van der Waals surface area contributed by atoms with E-state index in [0.717, 1.165) is 10.8 Å². The van der Waals surface area contributed by atoms with E-state index in [1.54, 1.807) is 0 Å². The molecule has 1 aliphatic rings. The molecule has 1 fully saturated rings. The number of ether oxygens (including phenoxy) is 2. The Morgan fingerprint density at radius 3 is 2.45 bits per heavy atom. The van der Waals surface area contributed by atoms with E-state index in [-0.39, 0.29) is 25.9 Å². The molecule has 1 saturated heterocycles. The first-order chi connectivity index (χ1) is 17.4. The van der Waals surface area contributed by atoms with Crippen molar-refractivity contribution in [3.05, 3.63) is 32.6 Å². The summed E-state index contributed by atoms with van der Waals surface area (Å²) in [5, 5.41) is 2.27. The Hall–Kier alpha value is -1.49. The molecule has 214 valence electrons. The van der Waals surface area contributed by atoms with Crippen molar-refractivity contribution in [1.29, 1.82) is 0 Å². The van der Waals surface area contributed by atoms with Gasteiger partial charge in [0.25, 0.3) is 5.56 Å². The normalized spacial score (nSPS) is 22.9. The lowest BCUT2D eigenvalue weighted by molar-refractivity contribution is -0.153. The highest BCUT2D eigenvalue weighted by molar-refractivity contribution is 7.95. The van der Waals surface area contributed by atoms with Gasteiger partial charge in [-0.25, -0.2) is 18.5 Å². The largest absolute Gasteiger partial charge is 0.490 e. The maximum absolute atomic E-state index is 12.3. The van der Waals surface area contributed by atoms with Gasteiger partial charge in [-0.1, -0.05) is 0 Å². The fourth-order valence-corrected chi connectivity index (χ4v) is 6.52. The number of aromatic nitrogens is 2. The number of carbonyl (C=O) groups excluding carboxylic acids is 2. The molecule has 1 amide bonds. The van der Waals surface area contributed by atoms with Crippen LogP contribution in [0.4, 0.5) is 0 Å². The van der Waals surface area contributed by atoms with Gasteiger partial charge in [-0.15, -0.1) is 0 Å². The quantitative estimate of drug-likeness (QED) is 0.118. The molecule has 19 nitrogen and oxygen atoms in total. The van der Waals surface area contributed by atoms with Gasteiger partial charge in [-0.05, 0) is 18.7 Å². The van der Waals surface area contributed by atoms with Crippen molar-refractivity contribution in [2.24, 2.45) is 0 Å². The van der Waals surface area contributed by atoms with E-state index in [0.29, 0.717) is 0 Å². The van der Waals surface area contributed by atoms with Crippen LogP contribution in [0.15, 0.2) is 15.8 Å². The van der Waals surface area contributed by atoms with E-state index in [2.05, 4.69) is 30.0 Å². The number of hydrogen-bond acceptors (Lipinski definition) is 13. The van der Waals surface area contributed by atoms with Gasteiger partial charge in [-0.3, -0.25) is 33.5 Å². The molecule has 2 heterocycles. The second kappa shape index (κ2) is 13.2. The van der Waals surface area contributed by atoms with Gasteiger partial charge in [0.2, 0.25) is 5.91 Å². The van der Waals surface area contributed by atoms with Gasteiger partial charge in [0.05, 0.1) is 20.5 Å². The molecule has 2 rings (SSSR count). The number of nitrogens with zero attached hydrogens (tertiary/aromatic N) is 1. The van der Waals surface area contributed by atoms with Crippen LogP contribution in [0.5, 0.6) is 0 Å². The third kappa shape index (κ3) is 10.6. The number of H-pyrrole nitrogens is 1. The molecule has 1 aromatic heterocycles. The van der Waals surface area contributed by atoms with Crippen LogP contribution < -0.4 is 16.3 Å². The minimum atomic E-state index is -5.79. The van der Waals surface area contributed by atoms with Gasteiger partial charge >= 0.3 is 35.1 Å². The van der Waals surface area contributed by atoms with Crippen molar-refractivity contribution in [1.82, 2.24) is 14.6 Å². The summed E-state index contributed by atoms with van der Waals surface area (Å²) in [6, 6.07) is 0.